The van der Waals surface area contributed by atoms with Crippen LogP contribution in [-0.2, 0) is 11.8 Å². The summed E-state index contributed by atoms with van der Waals surface area (Å²) in [6.07, 6.45) is 1.18. The Morgan fingerprint density at radius 3 is 2.71 bits per heavy atom. The van der Waals surface area contributed by atoms with Gasteiger partial charge in [0.15, 0.2) is 0 Å². The molecule has 14 heavy (non-hydrogen) atoms. The topological polar surface area (TPSA) is 12.0 Å². The molecule has 0 fully saturated rings. The fourth-order valence-corrected chi connectivity index (χ4v) is 2.56. The summed E-state index contributed by atoms with van der Waals surface area (Å²) in [5.41, 5.74) is 3.32. The summed E-state index contributed by atoms with van der Waals surface area (Å²) < 4.78 is 0. The highest BCUT2D eigenvalue weighted by Crippen LogP contribution is 2.38. The van der Waals surface area contributed by atoms with Crippen molar-refractivity contribution in [3.8, 4) is 0 Å². The molecule has 0 aromatic heterocycles. The molecular formula is C13H19N. The second kappa shape index (κ2) is 3.39. The molecule has 1 atom stereocenters. The zero-order valence-electron chi connectivity index (χ0n) is 9.30. The fraction of sp³-hybridized carbons (Fsp3) is 0.538. The molecule has 0 amide bonds. The van der Waals surface area contributed by atoms with Gasteiger partial charge in [0.2, 0.25) is 0 Å². The Bertz CT molecular complexity index is 328. The normalized spacial score (nSPS) is 23.5. The highest BCUT2D eigenvalue weighted by atomic mass is 14.9. The number of hydrogen-bond donors (Lipinski definition) is 1. The standard InChI is InChI=1S/C13H19N/c1-4-14-12-9-10-7-5-6-8-11(10)13(12,2)3/h5-8,12,14H,4,9H2,1-3H3. The summed E-state index contributed by atoms with van der Waals surface area (Å²) in [5, 5.41) is 3.58. The molecular weight excluding hydrogens is 170 g/mol. The van der Waals surface area contributed by atoms with Crippen LogP contribution >= 0.6 is 0 Å². The predicted octanol–water partition coefficient (Wildman–Crippen LogP) is 2.50. The summed E-state index contributed by atoms with van der Waals surface area (Å²) in [7, 11) is 0. The van der Waals surface area contributed by atoms with Crippen LogP contribution in [0.1, 0.15) is 31.9 Å². The smallest absolute Gasteiger partial charge is 0.0199 e. The second-order valence-corrected chi connectivity index (χ2v) is 4.69. The monoisotopic (exact) mass is 189 g/mol. The summed E-state index contributed by atoms with van der Waals surface area (Å²) in [6.45, 7) is 7.92. The summed E-state index contributed by atoms with van der Waals surface area (Å²) >= 11 is 0. The van der Waals surface area contributed by atoms with Crippen LogP contribution in [0.4, 0.5) is 0 Å². The lowest BCUT2D eigenvalue weighted by molar-refractivity contribution is 0.374. The molecule has 1 aliphatic carbocycles. The third-order valence-electron chi connectivity index (χ3n) is 3.46. The van der Waals surface area contributed by atoms with Crippen LogP contribution in [0.2, 0.25) is 0 Å². The predicted molar refractivity (Wildman–Crippen MR) is 60.6 cm³/mol. The van der Waals surface area contributed by atoms with Gasteiger partial charge in [-0.2, -0.15) is 0 Å². The van der Waals surface area contributed by atoms with E-state index in [0.717, 1.165) is 6.54 Å². The van der Waals surface area contributed by atoms with E-state index in [1.165, 1.54) is 17.5 Å². The first-order chi connectivity index (χ1) is 6.66. The highest BCUT2D eigenvalue weighted by Gasteiger charge is 2.38. The Labute approximate surface area is 86.5 Å². The van der Waals surface area contributed by atoms with Crippen molar-refractivity contribution < 1.29 is 0 Å². The molecule has 0 aliphatic heterocycles. The van der Waals surface area contributed by atoms with Gasteiger partial charge in [0.25, 0.3) is 0 Å². The number of benzene rings is 1. The van der Waals surface area contributed by atoms with Crippen molar-refractivity contribution in [3.05, 3.63) is 35.4 Å². The Morgan fingerprint density at radius 1 is 1.36 bits per heavy atom. The minimum Gasteiger partial charge on any atom is -0.313 e. The van der Waals surface area contributed by atoms with Gasteiger partial charge in [0, 0.05) is 11.5 Å². The molecule has 1 heteroatoms. The van der Waals surface area contributed by atoms with Crippen LogP contribution in [0.15, 0.2) is 24.3 Å². The Kier molecular flexibility index (Phi) is 2.36. The maximum absolute atomic E-state index is 3.58. The highest BCUT2D eigenvalue weighted by molar-refractivity contribution is 5.41. The van der Waals surface area contributed by atoms with Crippen LogP contribution in [0.5, 0.6) is 0 Å². The van der Waals surface area contributed by atoms with Crippen molar-refractivity contribution >= 4 is 0 Å². The third-order valence-corrected chi connectivity index (χ3v) is 3.46. The summed E-state index contributed by atoms with van der Waals surface area (Å²) in [5.74, 6) is 0. The second-order valence-electron chi connectivity index (χ2n) is 4.69. The van der Waals surface area contributed by atoms with E-state index in [1.807, 2.05) is 0 Å². The van der Waals surface area contributed by atoms with Crippen LogP contribution in [0, 0.1) is 0 Å². The zero-order valence-corrected chi connectivity index (χ0v) is 9.30. The van der Waals surface area contributed by atoms with Crippen molar-refractivity contribution in [1.29, 1.82) is 0 Å². The first-order valence-corrected chi connectivity index (χ1v) is 5.48. The van der Waals surface area contributed by atoms with Crippen molar-refractivity contribution in [2.24, 2.45) is 0 Å². The van der Waals surface area contributed by atoms with Crippen molar-refractivity contribution in [1.82, 2.24) is 5.32 Å². The van der Waals surface area contributed by atoms with Gasteiger partial charge in [-0.05, 0) is 24.1 Å². The number of nitrogens with one attached hydrogen (secondary N) is 1. The minimum atomic E-state index is 0.284. The third kappa shape index (κ3) is 1.36. The molecule has 1 aromatic carbocycles. The largest absolute Gasteiger partial charge is 0.313 e. The van der Waals surface area contributed by atoms with E-state index in [-0.39, 0.29) is 5.41 Å². The Morgan fingerprint density at radius 2 is 2.07 bits per heavy atom. The first-order valence-electron chi connectivity index (χ1n) is 5.48. The molecule has 1 aliphatic rings. The zero-order chi connectivity index (χ0) is 10.2. The molecule has 0 bridgehead atoms. The summed E-state index contributed by atoms with van der Waals surface area (Å²) in [4.78, 5) is 0. The van der Waals surface area contributed by atoms with Crippen molar-refractivity contribution in [2.75, 3.05) is 6.54 Å². The molecule has 0 heterocycles. The minimum absolute atomic E-state index is 0.284. The summed E-state index contributed by atoms with van der Waals surface area (Å²) in [6, 6.07) is 9.42. The Balaban J connectivity index is 2.35. The quantitative estimate of drug-likeness (QED) is 0.753. The van der Waals surface area contributed by atoms with E-state index in [4.69, 9.17) is 0 Å². The first kappa shape index (κ1) is 9.72. The maximum Gasteiger partial charge on any atom is 0.0199 e. The van der Waals surface area contributed by atoms with Gasteiger partial charge >= 0.3 is 0 Å². The molecule has 1 N–H and O–H groups in total. The number of fused-ring (bicyclic) bond motifs is 1. The van der Waals surface area contributed by atoms with Crippen LogP contribution in [0.25, 0.3) is 0 Å². The molecule has 0 spiro atoms. The lowest BCUT2D eigenvalue weighted by Crippen LogP contribution is -2.41. The van der Waals surface area contributed by atoms with Crippen LogP contribution in [-0.4, -0.2) is 12.6 Å². The number of likely N-dealkylation sites (N-methyl/N-ethyl adjacent to an activating group) is 1. The molecule has 1 nitrogen and oxygen atoms in total. The molecule has 0 radical (unpaired) electrons. The van der Waals surface area contributed by atoms with Gasteiger partial charge in [-0.25, -0.2) is 0 Å². The van der Waals surface area contributed by atoms with E-state index in [0.29, 0.717) is 6.04 Å². The average Bonchev–Trinajstić information content (AvgIpc) is 2.41. The van der Waals surface area contributed by atoms with Gasteiger partial charge in [-0.1, -0.05) is 45.0 Å². The fourth-order valence-electron chi connectivity index (χ4n) is 2.56. The van der Waals surface area contributed by atoms with Gasteiger partial charge in [-0.15, -0.1) is 0 Å². The molecule has 0 saturated heterocycles. The van der Waals surface area contributed by atoms with E-state index in [1.54, 1.807) is 0 Å². The van der Waals surface area contributed by atoms with Crippen molar-refractivity contribution in [2.45, 2.75) is 38.6 Å². The average molecular weight is 189 g/mol. The van der Waals surface area contributed by atoms with E-state index >= 15 is 0 Å². The van der Waals surface area contributed by atoms with E-state index < -0.39 is 0 Å². The molecule has 1 unspecified atom stereocenters. The SMILES string of the molecule is CCNC1Cc2ccccc2C1(C)C. The molecule has 76 valence electrons. The van der Waals surface area contributed by atoms with Crippen LogP contribution in [0.3, 0.4) is 0 Å². The lowest BCUT2D eigenvalue weighted by Gasteiger charge is -2.28. The van der Waals surface area contributed by atoms with Gasteiger partial charge in [0.05, 0.1) is 0 Å². The number of rotatable bonds is 2. The van der Waals surface area contributed by atoms with Crippen molar-refractivity contribution in [3.63, 3.8) is 0 Å². The van der Waals surface area contributed by atoms with Crippen LogP contribution < -0.4 is 5.32 Å². The number of hydrogen-bond acceptors (Lipinski definition) is 1. The van der Waals surface area contributed by atoms with Gasteiger partial charge in [-0.3, -0.25) is 0 Å². The Hall–Kier alpha value is -0.820. The van der Waals surface area contributed by atoms with E-state index in [2.05, 4.69) is 50.4 Å². The molecule has 2 rings (SSSR count). The van der Waals surface area contributed by atoms with E-state index in [9.17, 15) is 0 Å². The molecule has 1 aromatic rings. The van der Waals surface area contributed by atoms with Gasteiger partial charge in [0.1, 0.15) is 0 Å². The maximum atomic E-state index is 3.58. The lowest BCUT2D eigenvalue weighted by atomic mass is 9.83. The van der Waals surface area contributed by atoms with Gasteiger partial charge < -0.3 is 5.32 Å². The molecule has 0 saturated carbocycles.